The Hall–Kier alpha value is -0.260. The van der Waals surface area contributed by atoms with Crippen LogP contribution in [-0.4, -0.2) is 66.0 Å². The molecule has 4 nitrogen and oxygen atoms in total. The molecule has 0 bridgehead atoms. The predicted molar refractivity (Wildman–Crippen MR) is 74.2 cm³/mol. The topological polar surface area (TPSA) is 49.6 Å². The fraction of sp³-hybridized carbons (Fsp3) is 0.917. The molecule has 3 unspecified atom stereocenters. The summed E-state index contributed by atoms with van der Waals surface area (Å²) in [4.78, 5) is 15.8. The maximum absolute atomic E-state index is 11.8. The summed E-state index contributed by atoms with van der Waals surface area (Å²) in [6, 6.07) is 0.190. The summed E-state index contributed by atoms with van der Waals surface area (Å²) < 4.78 is 0. The van der Waals surface area contributed by atoms with Gasteiger partial charge in [0.1, 0.15) is 0 Å². The van der Waals surface area contributed by atoms with Crippen LogP contribution in [0.3, 0.4) is 0 Å². The van der Waals surface area contributed by atoms with E-state index in [4.69, 9.17) is 5.73 Å². The Morgan fingerprint density at radius 3 is 2.35 bits per heavy atom. The first kappa shape index (κ1) is 14.8. The maximum atomic E-state index is 11.8. The third-order valence-electron chi connectivity index (χ3n) is 3.15. The van der Waals surface area contributed by atoms with Crippen molar-refractivity contribution in [3.05, 3.63) is 0 Å². The summed E-state index contributed by atoms with van der Waals surface area (Å²) in [7, 11) is 3.60. The van der Waals surface area contributed by atoms with Crippen molar-refractivity contribution in [3.63, 3.8) is 0 Å². The summed E-state index contributed by atoms with van der Waals surface area (Å²) in [6.07, 6.45) is 0.535. The molecule has 0 radical (unpaired) electrons. The number of carbonyl (C=O) groups is 1. The fourth-order valence-corrected chi connectivity index (χ4v) is 3.61. The third kappa shape index (κ3) is 4.48. The van der Waals surface area contributed by atoms with Crippen molar-refractivity contribution in [1.29, 1.82) is 0 Å². The van der Waals surface area contributed by atoms with Crippen molar-refractivity contribution >= 4 is 17.7 Å². The van der Waals surface area contributed by atoms with Crippen molar-refractivity contribution < 1.29 is 4.79 Å². The van der Waals surface area contributed by atoms with Crippen molar-refractivity contribution in [2.45, 2.75) is 36.8 Å². The SMILES string of the molecule is CC1CN(C(CN)CC(=O)N(C)C)CC(C)S1. The van der Waals surface area contributed by atoms with Gasteiger partial charge in [-0.15, -0.1) is 0 Å². The first-order chi connectivity index (χ1) is 7.93. The molecule has 17 heavy (non-hydrogen) atoms. The molecule has 1 amide bonds. The van der Waals surface area contributed by atoms with Gasteiger partial charge in [-0.05, 0) is 0 Å². The minimum atomic E-state index is 0.166. The predicted octanol–water partition coefficient (Wildman–Crippen LogP) is 0.618. The van der Waals surface area contributed by atoms with Crippen LogP contribution in [0.4, 0.5) is 0 Å². The van der Waals surface area contributed by atoms with Crippen molar-refractivity contribution in [2.24, 2.45) is 5.73 Å². The molecular weight excluding hydrogens is 234 g/mol. The van der Waals surface area contributed by atoms with Crippen molar-refractivity contribution in [3.8, 4) is 0 Å². The molecule has 1 aliphatic heterocycles. The van der Waals surface area contributed by atoms with Crippen LogP contribution in [0.1, 0.15) is 20.3 Å². The molecule has 1 rings (SSSR count). The molecule has 0 aromatic heterocycles. The summed E-state index contributed by atoms with van der Waals surface area (Å²) in [6.45, 7) is 7.13. The number of nitrogens with zero attached hydrogens (tertiary/aromatic N) is 2. The van der Waals surface area contributed by atoms with E-state index in [-0.39, 0.29) is 11.9 Å². The molecular formula is C12H25N3OS. The van der Waals surface area contributed by atoms with Gasteiger partial charge < -0.3 is 10.6 Å². The number of thioether (sulfide) groups is 1. The number of hydrogen-bond donors (Lipinski definition) is 1. The minimum Gasteiger partial charge on any atom is -0.349 e. The largest absolute Gasteiger partial charge is 0.349 e. The van der Waals surface area contributed by atoms with Gasteiger partial charge in [-0.1, -0.05) is 13.8 Å². The minimum absolute atomic E-state index is 0.166. The molecule has 100 valence electrons. The van der Waals surface area contributed by atoms with E-state index in [1.807, 2.05) is 11.8 Å². The van der Waals surface area contributed by atoms with Crippen LogP contribution in [0.5, 0.6) is 0 Å². The maximum Gasteiger partial charge on any atom is 0.223 e. The summed E-state index contributed by atoms with van der Waals surface area (Å²) >= 11 is 2.02. The van der Waals surface area contributed by atoms with E-state index in [1.165, 1.54) is 0 Å². The lowest BCUT2D eigenvalue weighted by molar-refractivity contribution is -0.130. The molecule has 2 N–H and O–H groups in total. The van der Waals surface area contributed by atoms with E-state index >= 15 is 0 Å². The molecule has 0 aromatic rings. The number of hydrogen-bond acceptors (Lipinski definition) is 4. The fourth-order valence-electron chi connectivity index (χ4n) is 2.26. The third-order valence-corrected chi connectivity index (χ3v) is 4.37. The number of rotatable bonds is 4. The van der Waals surface area contributed by atoms with E-state index in [1.54, 1.807) is 19.0 Å². The van der Waals surface area contributed by atoms with Gasteiger partial charge in [-0.3, -0.25) is 9.69 Å². The van der Waals surface area contributed by atoms with Crippen LogP contribution in [0.2, 0.25) is 0 Å². The molecule has 3 atom stereocenters. The normalized spacial score (nSPS) is 27.8. The standard InChI is InChI=1S/C12H25N3OS/c1-9-7-15(8-10(2)17-9)11(6-13)5-12(16)14(3)4/h9-11H,5-8,13H2,1-4H3. The quantitative estimate of drug-likeness (QED) is 0.804. The summed E-state index contributed by atoms with van der Waals surface area (Å²) in [5.74, 6) is 0.166. The Morgan fingerprint density at radius 2 is 1.94 bits per heavy atom. The number of nitrogens with two attached hydrogens (primary N) is 1. The Morgan fingerprint density at radius 1 is 1.41 bits per heavy atom. The summed E-state index contributed by atoms with van der Waals surface area (Å²) in [5, 5.41) is 1.25. The second-order valence-corrected chi connectivity index (χ2v) is 6.97. The van der Waals surface area contributed by atoms with E-state index in [0.29, 0.717) is 23.5 Å². The van der Waals surface area contributed by atoms with Gasteiger partial charge in [0.2, 0.25) is 5.91 Å². The first-order valence-electron chi connectivity index (χ1n) is 6.23. The molecule has 0 aliphatic carbocycles. The van der Waals surface area contributed by atoms with Gasteiger partial charge >= 0.3 is 0 Å². The highest BCUT2D eigenvalue weighted by molar-refractivity contribution is 8.00. The smallest absolute Gasteiger partial charge is 0.223 e. The van der Waals surface area contributed by atoms with Crippen LogP contribution < -0.4 is 5.73 Å². The average molecular weight is 259 g/mol. The molecule has 0 aromatic carbocycles. The van der Waals surface area contributed by atoms with Gasteiger partial charge in [-0.25, -0.2) is 0 Å². The van der Waals surface area contributed by atoms with E-state index in [2.05, 4.69) is 18.7 Å². The second-order valence-electron chi connectivity index (χ2n) is 5.09. The zero-order chi connectivity index (χ0) is 13.0. The highest BCUT2D eigenvalue weighted by Gasteiger charge is 2.28. The highest BCUT2D eigenvalue weighted by Crippen LogP contribution is 2.26. The van der Waals surface area contributed by atoms with Crippen LogP contribution in [0.25, 0.3) is 0 Å². The lowest BCUT2D eigenvalue weighted by atomic mass is 10.1. The Balaban J connectivity index is 2.57. The molecule has 0 saturated carbocycles. The van der Waals surface area contributed by atoms with E-state index < -0.39 is 0 Å². The zero-order valence-corrected chi connectivity index (χ0v) is 12.2. The van der Waals surface area contributed by atoms with Crippen LogP contribution >= 0.6 is 11.8 Å². The van der Waals surface area contributed by atoms with Gasteiger partial charge in [0.25, 0.3) is 0 Å². The zero-order valence-electron chi connectivity index (χ0n) is 11.3. The molecule has 1 aliphatic rings. The van der Waals surface area contributed by atoms with E-state index in [9.17, 15) is 4.79 Å². The Labute approximate surface area is 109 Å². The molecule has 1 saturated heterocycles. The highest BCUT2D eigenvalue weighted by atomic mass is 32.2. The van der Waals surface area contributed by atoms with Gasteiger partial charge in [0, 0.05) is 56.7 Å². The number of carbonyl (C=O) groups excluding carboxylic acids is 1. The molecule has 1 fully saturated rings. The average Bonchev–Trinajstić information content (AvgIpc) is 2.23. The van der Waals surface area contributed by atoms with Gasteiger partial charge in [0.05, 0.1) is 0 Å². The van der Waals surface area contributed by atoms with Crippen LogP contribution in [-0.2, 0) is 4.79 Å². The Kier molecular flexibility index (Phi) is 5.76. The molecule has 5 heteroatoms. The Bertz CT molecular complexity index is 250. The molecule has 0 spiro atoms. The van der Waals surface area contributed by atoms with Crippen LogP contribution in [0, 0.1) is 0 Å². The van der Waals surface area contributed by atoms with Crippen molar-refractivity contribution in [1.82, 2.24) is 9.80 Å². The summed E-state index contributed by atoms with van der Waals surface area (Å²) in [5.41, 5.74) is 5.82. The van der Waals surface area contributed by atoms with Crippen molar-refractivity contribution in [2.75, 3.05) is 33.7 Å². The monoisotopic (exact) mass is 259 g/mol. The van der Waals surface area contributed by atoms with Crippen LogP contribution in [0.15, 0.2) is 0 Å². The van der Waals surface area contributed by atoms with E-state index in [0.717, 1.165) is 13.1 Å². The van der Waals surface area contributed by atoms with Gasteiger partial charge in [-0.2, -0.15) is 11.8 Å². The lowest BCUT2D eigenvalue weighted by Crippen LogP contribution is -2.50. The number of amides is 1. The lowest BCUT2D eigenvalue weighted by Gasteiger charge is -2.39. The first-order valence-corrected chi connectivity index (χ1v) is 7.18. The van der Waals surface area contributed by atoms with Gasteiger partial charge in [0.15, 0.2) is 0 Å². The second kappa shape index (κ2) is 6.61. The molecule has 1 heterocycles.